The van der Waals surface area contributed by atoms with Crippen LogP contribution in [0.4, 0.5) is 0 Å². The number of aliphatic hydroxyl groups excluding tert-OH is 3. The smallest absolute Gasteiger partial charge is 0.335 e. The third kappa shape index (κ3) is 3.01. The Kier molecular flexibility index (Phi) is 4.48. The van der Waals surface area contributed by atoms with Crippen LogP contribution in [0, 0.1) is 13.8 Å². The van der Waals surface area contributed by atoms with Gasteiger partial charge >= 0.3 is 5.97 Å². The van der Waals surface area contributed by atoms with Crippen LogP contribution >= 0.6 is 0 Å². The molecule has 1 saturated heterocycles. The Labute approximate surface area is 121 Å². The second-order valence-corrected chi connectivity index (χ2v) is 5.05. The van der Waals surface area contributed by atoms with Crippen LogP contribution < -0.4 is 4.74 Å². The van der Waals surface area contributed by atoms with Gasteiger partial charge in [-0.2, -0.15) is 0 Å². The van der Waals surface area contributed by atoms with Crippen LogP contribution in [0.3, 0.4) is 0 Å². The number of carbonyl (C=O) groups is 1. The second-order valence-electron chi connectivity index (χ2n) is 5.05. The molecule has 0 radical (unpaired) electrons. The van der Waals surface area contributed by atoms with Gasteiger partial charge in [-0.1, -0.05) is 12.1 Å². The van der Waals surface area contributed by atoms with E-state index < -0.39 is 36.7 Å². The number of aryl methyl sites for hydroxylation is 1. The summed E-state index contributed by atoms with van der Waals surface area (Å²) in [5.41, 5.74) is 1.76. The molecular weight excluding hydrogens is 280 g/mol. The minimum absolute atomic E-state index is 0.409. The largest absolute Gasteiger partial charge is 0.479 e. The minimum Gasteiger partial charge on any atom is -0.479 e. The molecular formula is C14H18O7. The van der Waals surface area contributed by atoms with Gasteiger partial charge in [-0.25, -0.2) is 4.79 Å². The molecule has 1 aliphatic heterocycles. The number of ether oxygens (including phenoxy) is 2. The molecule has 0 aromatic heterocycles. The number of hydrogen-bond donors (Lipinski definition) is 4. The van der Waals surface area contributed by atoms with Gasteiger partial charge in [0.1, 0.15) is 24.1 Å². The summed E-state index contributed by atoms with van der Waals surface area (Å²) in [5.74, 6) is -1.03. The number of carboxylic acid groups (broad SMARTS) is 1. The lowest BCUT2D eigenvalue weighted by Crippen LogP contribution is -2.61. The van der Waals surface area contributed by atoms with Crippen molar-refractivity contribution in [2.45, 2.75) is 44.6 Å². The van der Waals surface area contributed by atoms with Crippen molar-refractivity contribution >= 4 is 5.97 Å². The molecule has 0 bridgehead atoms. The van der Waals surface area contributed by atoms with Crippen LogP contribution in [0.5, 0.6) is 5.75 Å². The van der Waals surface area contributed by atoms with Crippen molar-refractivity contribution in [3.8, 4) is 5.75 Å². The Balaban J connectivity index is 2.22. The quantitative estimate of drug-likeness (QED) is 0.598. The third-order valence-electron chi connectivity index (χ3n) is 3.61. The molecule has 1 aromatic rings. The fourth-order valence-corrected chi connectivity index (χ4v) is 2.13. The first-order valence-corrected chi connectivity index (χ1v) is 6.48. The zero-order chi connectivity index (χ0) is 15.7. The van der Waals surface area contributed by atoms with Crippen molar-refractivity contribution in [2.75, 3.05) is 0 Å². The molecule has 1 aliphatic rings. The van der Waals surface area contributed by atoms with E-state index in [1.165, 1.54) is 0 Å². The summed E-state index contributed by atoms with van der Waals surface area (Å²) in [6.07, 6.45) is -8.01. The fourth-order valence-electron chi connectivity index (χ4n) is 2.13. The van der Waals surface area contributed by atoms with E-state index in [0.717, 1.165) is 11.1 Å². The summed E-state index contributed by atoms with van der Waals surface area (Å²) in [6.45, 7) is 3.68. The molecule has 116 valence electrons. The minimum atomic E-state index is -1.73. The van der Waals surface area contributed by atoms with Gasteiger partial charge < -0.3 is 29.9 Å². The van der Waals surface area contributed by atoms with Gasteiger partial charge in [-0.3, -0.25) is 0 Å². The Morgan fingerprint density at radius 3 is 2.43 bits per heavy atom. The summed E-state index contributed by atoms with van der Waals surface area (Å²) < 4.78 is 10.5. The van der Waals surface area contributed by atoms with Gasteiger partial charge in [0.2, 0.25) is 6.29 Å². The normalized spacial score (nSPS) is 32.7. The van der Waals surface area contributed by atoms with Gasteiger partial charge in [-0.15, -0.1) is 0 Å². The average molecular weight is 298 g/mol. The van der Waals surface area contributed by atoms with Gasteiger partial charge in [0.15, 0.2) is 6.10 Å². The second kappa shape index (κ2) is 5.98. The van der Waals surface area contributed by atoms with Crippen LogP contribution in [-0.2, 0) is 9.53 Å². The van der Waals surface area contributed by atoms with E-state index in [0.29, 0.717) is 5.75 Å². The van der Waals surface area contributed by atoms with E-state index in [1.54, 1.807) is 19.1 Å². The maximum absolute atomic E-state index is 11.0. The van der Waals surface area contributed by atoms with Crippen LogP contribution in [-0.4, -0.2) is 57.1 Å². The Hall–Kier alpha value is -1.67. The molecule has 7 heteroatoms. The van der Waals surface area contributed by atoms with Gasteiger partial charge in [0, 0.05) is 0 Å². The number of hydrogen-bond acceptors (Lipinski definition) is 6. The summed E-state index contributed by atoms with van der Waals surface area (Å²) in [4.78, 5) is 11.0. The maximum atomic E-state index is 11.0. The van der Waals surface area contributed by atoms with Gasteiger partial charge in [0.25, 0.3) is 0 Å². The highest BCUT2D eigenvalue weighted by atomic mass is 16.7. The lowest BCUT2D eigenvalue weighted by atomic mass is 9.99. The lowest BCUT2D eigenvalue weighted by molar-refractivity contribution is -0.271. The molecule has 0 saturated carbocycles. The summed E-state index contributed by atoms with van der Waals surface area (Å²) >= 11 is 0. The zero-order valence-electron chi connectivity index (χ0n) is 11.6. The summed E-state index contributed by atoms with van der Waals surface area (Å²) in [7, 11) is 0. The van der Waals surface area contributed by atoms with Crippen LogP contribution in [0.25, 0.3) is 0 Å². The SMILES string of the molecule is Cc1cccc(O[C@@H]2O[C@H](C(=O)O)[C@@H](O)[C@H](O)[C@H]2O)c1C. The van der Waals surface area contributed by atoms with Crippen LogP contribution in [0.2, 0.25) is 0 Å². The van der Waals surface area contributed by atoms with Crippen molar-refractivity contribution < 1.29 is 34.7 Å². The third-order valence-corrected chi connectivity index (χ3v) is 3.61. The molecule has 1 heterocycles. The van der Waals surface area contributed by atoms with E-state index in [2.05, 4.69) is 0 Å². The fraction of sp³-hybridized carbons (Fsp3) is 0.500. The average Bonchev–Trinajstić information content (AvgIpc) is 2.43. The Morgan fingerprint density at radius 2 is 1.81 bits per heavy atom. The van der Waals surface area contributed by atoms with E-state index in [-0.39, 0.29) is 0 Å². The van der Waals surface area contributed by atoms with E-state index >= 15 is 0 Å². The number of aliphatic carboxylic acids is 1. The number of carboxylic acids is 1. The van der Waals surface area contributed by atoms with E-state index in [1.807, 2.05) is 13.0 Å². The Bertz CT molecular complexity index is 530. The molecule has 7 nitrogen and oxygen atoms in total. The summed E-state index contributed by atoms with van der Waals surface area (Å²) in [5, 5.41) is 38.1. The monoisotopic (exact) mass is 298 g/mol. The van der Waals surface area contributed by atoms with Crippen LogP contribution in [0.1, 0.15) is 11.1 Å². The first-order chi connectivity index (χ1) is 9.82. The molecule has 0 amide bonds. The van der Waals surface area contributed by atoms with Crippen molar-refractivity contribution in [3.63, 3.8) is 0 Å². The molecule has 1 aromatic carbocycles. The molecule has 2 rings (SSSR count). The van der Waals surface area contributed by atoms with Gasteiger partial charge in [-0.05, 0) is 31.0 Å². The molecule has 21 heavy (non-hydrogen) atoms. The molecule has 1 fully saturated rings. The number of benzene rings is 1. The first kappa shape index (κ1) is 15.7. The van der Waals surface area contributed by atoms with Crippen molar-refractivity contribution in [1.29, 1.82) is 0 Å². The van der Waals surface area contributed by atoms with Crippen molar-refractivity contribution in [1.82, 2.24) is 0 Å². The molecule has 0 spiro atoms. The number of aliphatic hydroxyl groups is 3. The van der Waals surface area contributed by atoms with E-state index in [9.17, 15) is 20.1 Å². The molecule has 0 unspecified atom stereocenters. The Morgan fingerprint density at radius 1 is 1.14 bits per heavy atom. The highest BCUT2D eigenvalue weighted by molar-refractivity contribution is 5.73. The van der Waals surface area contributed by atoms with Crippen LogP contribution in [0.15, 0.2) is 18.2 Å². The molecule has 0 aliphatic carbocycles. The van der Waals surface area contributed by atoms with Crippen molar-refractivity contribution in [2.24, 2.45) is 0 Å². The molecule has 5 atom stereocenters. The topological polar surface area (TPSA) is 116 Å². The zero-order valence-corrected chi connectivity index (χ0v) is 11.6. The number of rotatable bonds is 3. The predicted octanol–water partition coefficient (Wildman–Crippen LogP) is -0.426. The van der Waals surface area contributed by atoms with Gasteiger partial charge in [0.05, 0.1) is 0 Å². The first-order valence-electron chi connectivity index (χ1n) is 6.48. The maximum Gasteiger partial charge on any atom is 0.335 e. The predicted molar refractivity (Wildman–Crippen MR) is 70.9 cm³/mol. The summed E-state index contributed by atoms with van der Waals surface area (Å²) in [6, 6.07) is 5.26. The lowest BCUT2D eigenvalue weighted by Gasteiger charge is -2.38. The van der Waals surface area contributed by atoms with E-state index in [4.69, 9.17) is 14.6 Å². The highest BCUT2D eigenvalue weighted by Gasteiger charge is 2.48. The van der Waals surface area contributed by atoms with Crippen molar-refractivity contribution in [3.05, 3.63) is 29.3 Å². The molecule has 4 N–H and O–H groups in total. The highest BCUT2D eigenvalue weighted by Crippen LogP contribution is 2.27. The standard InChI is InChI=1S/C14H18O7/c1-6-4-3-5-8(7(6)2)20-14-11(17)9(15)10(16)12(21-14)13(18)19/h3-5,9-12,14-17H,1-2H3,(H,18,19)/t9-,10-,11+,12-,14+/m0/s1.